The minimum Gasteiger partial charge on any atom is -0.349 e. The van der Waals surface area contributed by atoms with Gasteiger partial charge in [0.2, 0.25) is 5.91 Å². The summed E-state index contributed by atoms with van der Waals surface area (Å²) in [6.07, 6.45) is 1.40. The lowest BCUT2D eigenvalue weighted by atomic mass is 10.0. The zero-order valence-electron chi connectivity index (χ0n) is 13.8. The summed E-state index contributed by atoms with van der Waals surface area (Å²) in [6.45, 7) is 0.963. The van der Waals surface area contributed by atoms with Crippen LogP contribution in [0.2, 0.25) is 0 Å². The van der Waals surface area contributed by atoms with Crippen LogP contribution < -0.4 is 5.32 Å². The Balaban J connectivity index is 1.53. The lowest BCUT2D eigenvalue weighted by Gasteiger charge is -2.32. The predicted molar refractivity (Wildman–Crippen MR) is 91.4 cm³/mol. The van der Waals surface area contributed by atoms with Gasteiger partial charge in [-0.2, -0.15) is 0 Å². The molecule has 2 amide bonds. The smallest absolute Gasteiger partial charge is 0.254 e. The van der Waals surface area contributed by atoms with E-state index in [1.54, 1.807) is 4.90 Å². The zero-order chi connectivity index (χ0) is 18.7. The molecule has 2 aromatic rings. The van der Waals surface area contributed by atoms with Gasteiger partial charge in [-0.3, -0.25) is 9.59 Å². The van der Waals surface area contributed by atoms with Gasteiger partial charge in [0.15, 0.2) is 17.5 Å². The van der Waals surface area contributed by atoms with Crippen LogP contribution in [0.4, 0.5) is 13.2 Å². The maximum atomic E-state index is 13.7. The second kappa shape index (κ2) is 7.90. The highest BCUT2D eigenvalue weighted by Crippen LogP contribution is 2.18. The van der Waals surface area contributed by atoms with Crippen molar-refractivity contribution in [2.45, 2.75) is 25.3 Å². The Hall–Kier alpha value is -2.35. The Morgan fingerprint density at radius 2 is 1.85 bits per heavy atom. The molecule has 1 N–H and O–H groups in total. The van der Waals surface area contributed by atoms with Crippen LogP contribution >= 0.6 is 11.3 Å². The van der Waals surface area contributed by atoms with Gasteiger partial charge in [-0.05, 0) is 36.4 Å². The monoisotopic (exact) mass is 382 g/mol. The Morgan fingerprint density at radius 1 is 1.12 bits per heavy atom. The molecule has 26 heavy (non-hydrogen) atoms. The van der Waals surface area contributed by atoms with Gasteiger partial charge in [-0.15, -0.1) is 11.3 Å². The Morgan fingerprint density at radius 3 is 2.50 bits per heavy atom. The molecular formula is C18H17F3N2O2S. The lowest BCUT2D eigenvalue weighted by Crippen LogP contribution is -2.47. The van der Waals surface area contributed by atoms with E-state index in [-0.39, 0.29) is 11.9 Å². The number of likely N-dealkylation sites (tertiary alicyclic amines) is 1. The zero-order valence-corrected chi connectivity index (χ0v) is 14.6. The normalized spacial score (nSPS) is 15.1. The molecular weight excluding hydrogens is 365 g/mol. The fraction of sp³-hybridized carbons (Fsp3) is 0.333. The number of piperidine rings is 1. The minimum absolute atomic E-state index is 0.0314. The molecule has 1 aliphatic heterocycles. The number of carbonyl (C=O) groups is 2. The number of nitrogens with zero attached hydrogens (tertiary/aromatic N) is 1. The van der Waals surface area contributed by atoms with Gasteiger partial charge >= 0.3 is 0 Å². The number of thiophene rings is 1. The summed E-state index contributed by atoms with van der Waals surface area (Å²) in [6, 6.07) is 5.20. The molecule has 0 bridgehead atoms. The van der Waals surface area contributed by atoms with Crippen LogP contribution in [-0.4, -0.2) is 35.8 Å². The molecule has 4 nitrogen and oxygen atoms in total. The number of rotatable bonds is 4. The van der Waals surface area contributed by atoms with E-state index in [0.717, 1.165) is 17.0 Å². The highest BCUT2D eigenvalue weighted by atomic mass is 32.1. The first-order chi connectivity index (χ1) is 12.5. The predicted octanol–water partition coefficient (Wildman–Crippen LogP) is 3.13. The summed E-state index contributed by atoms with van der Waals surface area (Å²) in [5.41, 5.74) is -0.528. The summed E-state index contributed by atoms with van der Waals surface area (Å²) in [5, 5.41) is 4.54. The van der Waals surface area contributed by atoms with Crippen molar-refractivity contribution in [1.29, 1.82) is 0 Å². The number of hydrogen-bond donors (Lipinski definition) is 1. The molecule has 0 saturated carbocycles. The average Bonchev–Trinajstić information content (AvgIpc) is 3.13. The van der Waals surface area contributed by atoms with Gasteiger partial charge in [0, 0.05) is 24.0 Å². The topological polar surface area (TPSA) is 49.4 Å². The van der Waals surface area contributed by atoms with Crippen LogP contribution in [0.3, 0.4) is 0 Å². The van der Waals surface area contributed by atoms with E-state index in [9.17, 15) is 22.8 Å². The average molecular weight is 382 g/mol. The number of halogens is 3. The molecule has 138 valence electrons. The first kappa shape index (κ1) is 18.4. The van der Waals surface area contributed by atoms with E-state index in [1.807, 2.05) is 17.5 Å². The Bertz CT molecular complexity index is 803. The lowest BCUT2D eigenvalue weighted by molar-refractivity contribution is -0.131. The third kappa shape index (κ3) is 4.07. The molecule has 0 radical (unpaired) electrons. The number of amides is 2. The van der Waals surface area contributed by atoms with Crippen molar-refractivity contribution >= 4 is 23.2 Å². The third-order valence-electron chi connectivity index (χ3n) is 4.37. The fourth-order valence-corrected chi connectivity index (χ4v) is 3.61. The van der Waals surface area contributed by atoms with Gasteiger partial charge in [0.1, 0.15) is 0 Å². The van der Waals surface area contributed by atoms with Crippen LogP contribution in [0.25, 0.3) is 0 Å². The van der Waals surface area contributed by atoms with Gasteiger partial charge in [-0.1, -0.05) is 6.07 Å². The van der Waals surface area contributed by atoms with E-state index in [4.69, 9.17) is 0 Å². The van der Waals surface area contributed by atoms with Crippen LogP contribution in [0.15, 0.2) is 29.6 Å². The van der Waals surface area contributed by atoms with Crippen LogP contribution in [0.5, 0.6) is 0 Å². The molecule has 3 rings (SSSR count). The van der Waals surface area contributed by atoms with E-state index < -0.39 is 28.9 Å². The van der Waals surface area contributed by atoms with Gasteiger partial charge in [-0.25, -0.2) is 13.2 Å². The van der Waals surface area contributed by atoms with Gasteiger partial charge in [0.05, 0.1) is 12.0 Å². The molecule has 2 heterocycles. The van der Waals surface area contributed by atoms with Crippen molar-refractivity contribution < 1.29 is 22.8 Å². The SMILES string of the molecule is O=C(NC1CCN(C(=O)Cc2cccs2)CC1)c1ccc(F)c(F)c1F. The highest BCUT2D eigenvalue weighted by Gasteiger charge is 2.26. The second-order valence-electron chi connectivity index (χ2n) is 6.11. The molecule has 1 saturated heterocycles. The third-order valence-corrected chi connectivity index (χ3v) is 5.24. The number of benzene rings is 1. The summed E-state index contributed by atoms with van der Waals surface area (Å²) in [4.78, 5) is 27.1. The van der Waals surface area contributed by atoms with Crippen molar-refractivity contribution in [3.05, 3.63) is 57.5 Å². The number of carbonyl (C=O) groups excluding carboxylic acids is 2. The summed E-state index contributed by atoms with van der Waals surface area (Å²) in [7, 11) is 0. The number of nitrogens with one attached hydrogen (secondary N) is 1. The van der Waals surface area contributed by atoms with Crippen molar-refractivity contribution in [2.24, 2.45) is 0 Å². The standard InChI is InChI=1S/C18H17F3N2O2S/c19-14-4-3-13(16(20)17(14)21)18(25)22-11-5-7-23(8-6-11)15(24)10-12-2-1-9-26-12/h1-4,9,11H,5-8,10H2,(H,22,25). The van der Waals surface area contributed by atoms with E-state index >= 15 is 0 Å². The maximum Gasteiger partial charge on any atom is 0.254 e. The van der Waals surface area contributed by atoms with Gasteiger partial charge in [0.25, 0.3) is 5.91 Å². The molecule has 1 aromatic heterocycles. The van der Waals surface area contributed by atoms with Crippen molar-refractivity contribution in [3.63, 3.8) is 0 Å². The largest absolute Gasteiger partial charge is 0.349 e. The molecule has 0 spiro atoms. The molecule has 0 unspecified atom stereocenters. The summed E-state index contributed by atoms with van der Waals surface area (Å²) in [5.74, 6) is -5.25. The molecule has 1 fully saturated rings. The molecule has 0 aliphatic carbocycles. The molecule has 1 aromatic carbocycles. The van der Waals surface area contributed by atoms with Crippen molar-refractivity contribution in [3.8, 4) is 0 Å². The van der Waals surface area contributed by atoms with Crippen LogP contribution in [0, 0.1) is 17.5 Å². The number of hydrogen-bond acceptors (Lipinski definition) is 3. The Kier molecular flexibility index (Phi) is 5.61. The Labute approximate surface area is 152 Å². The first-order valence-electron chi connectivity index (χ1n) is 8.20. The first-order valence-corrected chi connectivity index (χ1v) is 9.08. The molecule has 0 atom stereocenters. The quantitative estimate of drug-likeness (QED) is 0.826. The summed E-state index contributed by atoms with van der Waals surface area (Å²) < 4.78 is 39.9. The van der Waals surface area contributed by atoms with E-state index in [2.05, 4.69) is 5.32 Å². The maximum absolute atomic E-state index is 13.7. The highest BCUT2D eigenvalue weighted by molar-refractivity contribution is 7.10. The summed E-state index contributed by atoms with van der Waals surface area (Å²) >= 11 is 1.53. The minimum atomic E-state index is -1.66. The second-order valence-corrected chi connectivity index (χ2v) is 7.14. The van der Waals surface area contributed by atoms with Gasteiger partial charge < -0.3 is 10.2 Å². The molecule has 8 heteroatoms. The van der Waals surface area contributed by atoms with E-state index in [0.29, 0.717) is 32.4 Å². The van der Waals surface area contributed by atoms with E-state index in [1.165, 1.54) is 11.3 Å². The molecule has 1 aliphatic rings. The van der Waals surface area contributed by atoms with Crippen molar-refractivity contribution in [1.82, 2.24) is 10.2 Å². The van der Waals surface area contributed by atoms with Crippen LogP contribution in [-0.2, 0) is 11.2 Å². The van der Waals surface area contributed by atoms with Crippen molar-refractivity contribution in [2.75, 3.05) is 13.1 Å². The fourth-order valence-electron chi connectivity index (χ4n) is 2.91. The van der Waals surface area contributed by atoms with Crippen LogP contribution in [0.1, 0.15) is 28.1 Å².